The molecule has 2 aliphatic heterocycles. The number of nitrogens with zero attached hydrogens (tertiary/aromatic N) is 3. The summed E-state index contributed by atoms with van der Waals surface area (Å²) in [5.74, 6) is 1.09. The second-order valence-electron chi connectivity index (χ2n) is 5.89. The first kappa shape index (κ1) is 15.7. The summed E-state index contributed by atoms with van der Waals surface area (Å²) in [4.78, 5) is 8.74. The Kier molecular flexibility index (Phi) is 4.62. The third-order valence-electron chi connectivity index (χ3n) is 4.27. The van der Waals surface area contributed by atoms with Crippen molar-refractivity contribution in [2.75, 3.05) is 50.8 Å². The zero-order chi connectivity index (χ0) is 15.6. The Labute approximate surface area is 131 Å². The lowest BCUT2D eigenvalue weighted by atomic mass is 10.1. The summed E-state index contributed by atoms with van der Waals surface area (Å²) >= 11 is 0. The third-order valence-corrected chi connectivity index (χ3v) is 5.20. The van der Waals surface area contributed by atoms with Crippen LogP contribution in [0.4, 0.5) is 5.82 Å². The highest BCUT2D eigenvalue weighted by Gasteiger charge is 2.26. The molecule has 3 rings (SSSR count). The van der Waals surface area contributed by atoms with Gasteiger partial charge in [0.15, 0.2) is 0 Å². The number of primary sulfonamides is 1. The van der Waals surface area contributed by atoms with Gasteiger partial charge in [-0.2, -0.15) is 0 Å². The summed E-state index contributed by atoms with van der Waals surface area (Å²) in [6.07, 6.45) is 2.74. The van der Waals surface area contributed by atoms with Crippen LogP contribution >= 0.6 is 0 Å². The average Bonchev–Trinajstić information content (AvgIpc) is 3.00. The first-order chi connectivity index (χ1) is 10.5. The highest BCUT2D eigenvalue weighted by molar-refractivity contribution is 7.89. The summed E-state index contributed by atoms with van der Waals surface area (Å²) < 4.78 is 28.8. The highest BCUT2D eigenvalue weighted by Crippen LogP contribution is 2.23. The van der Waals surface area contributed by atoms with Crippen LogP contribution in [0.3, 0.4) is 0 Å². The van der Waals surface area contributed by atoms with E-state index in [9.17, 15) is 8.42 Å². The van der Waals surface area contributed by atoms with Gasteiger partial charge in [-0.1, -0.05) is 0 Å². The Balaban J connectivity index is 1.64. The Morgan fingerprint density at radius 1 is 1.32 bits per heavy atom. The van der Waals surface area contributed by atoms with E-state index in [0.717, 1.165) is 52.4 Å². The summed E-state index contributed by atoms with van der Waals surface area (Å²) in [5, 5.41) is 5.28. The average molecular weight is 326 g/mol. The molecule has 0 amide bonds. The molecule has 0 bridgehead atoms. The summed E-state index contributed by atoms with van der Waals surface area (Å²) in [6.45, 7) is 6.10. The maximum atomic E-state index is 11.7. The first-order valence-electron chi connectivity index (χ1n) is 7.57. The number of ether oxygens (including phenoxy) is 1. The van der Waals surface area contributed by atoms with E-state index >= 15 is 0 Å². The fourth-order valence-corrected chi connectivity index (χ4v) is 3.78. The fourth-order valence-electron chi connectivity index (χ4n) is 3.08. The van der Waals surface area contributed by atoms with E-state index in [4.69, 9.17) is 9.88 Å². The molecule has 0 aliphatic carbocycles. The molecule has 2 aliphatic rings. The van der Waals surface area contributed by atoms with Gasteiger partial charge < -0.3 is 9.64 Å². The van der Waals surface area contributed by atoms with Gasteiger partial charge in [0, 0.05) is 45.5 Å². The van der Waals surface area contributed by atoms with Crippen molar-refractivity contribution in [1.82, 2.24) is 9.88 Å². The molecule has 7 nitrogen and oxygen atoms in total. The Morgan fingerprint density at radius 2 is 2.09 bits per heavy atom. The molecule has 2 fully saturated rings. The minimum atomic E-state index is -3.75. The molecule has 2 N–H and O–H groups in total. The topological polar surface area (TPSA) is 88.8 Å². The molecule has 0 spiro atoms. The molecule has 122 valence electrons. The molecule has 8 heteroatoms. The Bertz CT molecular complexity index is 608. The van der Waals surface area contributed by atoms with Crippen molar-refractivity contribution >= 4 is 15.8 Å². The standard InChI is InChI=1S/C14H22N4O3S/c15-22(19,20)13-2-1-4-16-14(13)18-7-5-17(6-8-18)10-12-3-9-21-11-12/h1-2,4,12H,3,5-11H2,(H2,15,19,20). The van der Waals surface area contributed by atoms with Crippen LogP contribution < -0.4 is 10.0 Å². The van der Waals surface area contributed by atoms with Gasteiger partial charge in [-0.05, 0) is 24.5 Å². The summed E-state index contributed by atoms with van der Waals surface area (Å²) in [7, 11) is -3.75. The SMILES string of the molecule is NS(=O)(=O)c1cccnc1N1CCN(CC2CCOC2)CC1. The van der Waals surface area contributed by atoms with Crippen LogP contribution in [0.1, 0.15) is 6.42 Å². The van der Waals surface area contributed by atoms with Gasteiger partial charge in [-0.25, -0.2) is 18.5 Å². The van der Waals surface area contributed by atoms with Gasteiger partial charge in [0.2, 0.25) is 10.0 Å². The van der Waals surface area contributed by atoms with Crippen molar-refractivity contribution in [2.45, 2.75) is 11.3 Å². The molecule has 1 atom stereocenters. The quantitative estimate of drug-likeness (QED) is 0.830. The Hall–Kier alpha value is -1.22. The van der Waals surface area contributed by atoms with Crippen molar-refractivity contribution in [2.24, 2.45) is 11.1 Å². The molecular weight excluding hydrogens is 304 g/mol. The van der Waals surface area contributed by atoms with Crippen molar-refractivity contribution in [3.05, 3.63) is 18.3 Å². The van der Waals surface area contributed by atoms with E-state index in [-0.39, 0.29) is 4.90 Å². The lowest BCUT2D eigenvalue weighted by Crippen LogP contribution is -2.48. The maximum absolute atomic E-state index is 11.7. The van der Waals surface area contributed by atoms with Gasteiger partial charge in [0.25, 0.3) is 0 Å². The van der Waals surface area contributed by atoms with Gasteiger partial charge in [-0.3, -0.25) is 4.90 Å². The smallest absolute Gasteiger partial charge is 0.241 e. The lowest BCUT2D eigenvalue weighted by Gasteiger charge is -2.36. The number of piperazine rings is 1. The molecule has 0 radical (unpaired) electrons. The Morgan fingerprint density at radius 3 is 2.73 bits per heavy atom. The number of rotatable bonds is 4. The minimum absolute atomic E-state index is 0.104. The van der Waals surface area contributed by atoms with Crippen molar-refractivity contribution in [3.63, 3.8) is 0 Å². The van der Waals surface area contributed by atoms with Crippen molar-refractivity contribution < 1.29 is 13.2 Å². The van der Waals surface area contributed by atoms with Gasteiger partial charge in [0.05, 0.1) is 6.61 Å². The lowest BCUT2D eigenvalue weighted by molar-refractivity contribution is 0.164. The van der Waals surface area contributed by atoms with Crippen LogP contribution in [0.2, 0.25) is 0 Å². The number of hydrogen-bond acceptors (Lipinski definition) is 6. The van der Waals surface area contributed by atoms with Crippen LogP contribution in [0.5, 0.6) is 0 Å². The van der Waals surface area contributed by atoms with Crippen molar-refractivity contribution in [3.8, 4) is 0 Å². The molecule has 1 aromatic rings. The number of hydrogen-bond donors (Lipinski definition) is 1. The largest absolute Gasteiger partial charge is 0.381 e. The number of aromatic nitrogens is 1. The number of anilines is 1. The molecule has 3 heterocycles. The zero-order valence-corrected chi connectivity index (χ0v) is 13.3. The van der Waals surface area contributed by atoms with Gasteiger partial charge >= 0.3 is 0 Å². The van der Waals surface area contributed by atoms with Crippen molar-refractivity contribution in [1.29, 1.82) is 0 Å². The summed E-state index contributed by atoms with van der Waals surface area (Å²) in [6, 6.07) is 3.11. The van der Waals surface area contributed by atoms with E-state index in [1.165, 1.54) is 6.07 Å². The molecule has 22 heavy (non-hydrogen) atoms. The van der Waals surface area contributed by atoms with Crippen LogP contribution in [0, 0.1) is 5.92 Å². The van der Waals surface area contributed by atoms with Crippen LogP contribution in [-0.2, 0) is 14.8 Å². The molecular formula is C14H22N4O3S. The van der Waals surface area contributed by atoms with Gasteiger partial charge in [0.1, 0.15) is 10.7 Å². The minimum Gasteiger partial charge on any atom is -0.381 e. The molecule has 1 unspecified atom stereocenters. The third kappa shape index (κ3) is 3.57. The second kappa shape index (κ2) is 6.49. The van der Waals surface area contributed by atoms with E-state index in [1.54, 1.807) is 12.3 Å². The van der Waals surface area contributed by atoms with Crippen LogP contribution in [0.25, 0.3) is 0 Å². The van der Waals surface area contributed by atoms with E-state index in [1.807, 2.05) is 4.90 Å². The molecule has 2 saturated heterocycles. The normalized spacial score (nSPS) is 23.9. The first-order valence-corrected chi connectivity index (χ1v) is 9.11. The molecule has 0 aromatic carbocycles. The predicted octanol–water partition coefficient (Wildman–Crippen LogP) is -0.112. The fraction of sp³-hybridized carbons (Fsp3) is 0.643. The predicted molar refractivity (Wildman–Crippen MR) is 83.2 cm³/mol. The maximum Gasteiger partial charge on any atom is 0.241 e. The molecule has 1 aromatic heterocycles. The van der Waals surface area contributed by atoms with Gasteiger partial charge in [-0.15, -0.1) is 0 Å². The molecule has 0 saturated carbocycles. The number of nitrogens with two attached hydrogens (primary N) is 1. The van der Waals surface area contributed by atoms with E-state index in [0.29, 0.717) is 11.7 Å². The second-order valence-corrected chi connectivity index (χ2v) is 7.42. The number of pyridine rings is 1. The number of sulfonamides is 1. The van der Waals surface area contributed by atoms with E-state index in [2.05, 4.69) is 9.88 Å². The zero-order valence-electron chi connectivity index (χ0n) is 12.5. The van der Waals surface area contributed by atoms with Crippen LogP contribution in [-0.4, -0.2) is 64.2 Å². The summed E-state index contributed by atoms with van der Waals surface area (Å²) in [5.41, 5.74) is 0. The van der Waals surface area contributed by atoms with E-state index < -0.39 is 10.0 Å². The van der Waals surface area contributed by atoms with Crippen LogP contribution in [0.15, 0.2) is 23.2 Å². The highest BCUT2D eigenvalue weighted by atomic mass is 32.2. The monoisotopic (exact) mass is 326 g/mol.